The number of nitrogens with one attached hydrogen (secondary N) is 2. The molecule has 3 N–H and O–H groups in total. The molecule has 0 aromatic heterocycles. The predicted molar refractivity (Wildman–Crippen MR) is 78.7 cm³/mol. The van der Waals surface area contributed by atoms with Gasteiger partial charge >= 0.3 is 12.0 Å². The molecule has 1 unspecified atom stereocenters. The molecule has 2 amide bonds. The van der Waals surface area contributed by atoms with Crippen molar-refractivity contribution in [2.24, 2.45) is 0 Å². The van der Waals surface area contributed by atoms with E-state index in [4.69, 9.17) is 5.11 Å². The SMILES string of the molecule is CSCC[C@@H](NC(=O)NC(C)CCN(C)C)C(=O)O. The van der Waals surface area contributed by atoms with E-state index in [1.807, 2.05) is 32.2 Å². The fraction of sp³-hybridized carbons (Fsp3) is 0.833. The zero-order chi connectivity index (χ0) is 14.8. The third-order valence-electron chi connectivity index (χ3n) is 2.60. The van der Waals surface area contributed by atoms with Crippen molar-refractivity contribution in [2.75, 3.05) is 32.6 Å². The summed E-state index contributed by atoms with van der Waals surface area (Å²) < 4.78 is 0. The Hall–Kier alpha value is -0.950. The zero-order valence-corrected chi connectivity index (χ0v) is 12.9. The first-order valence-corrected chi connectivity index (χ1v) is 7.69. The molecule has 0 bridgehead atoms. The van der Waals surface area contributed by atoms with E-state index in [1.165, 1.54) is 0 Å². The van der Waals surface area contributed by atoms with Crippen LogP contribution in [0, 0.1) is 0 Å². The van der Waals surface area contributed by atoms with Crippen LogP contribution < -0.4 is 10.6 Å². The standard InChI is InChI=1S/C12H25N3O3S/c1-9(5-7-15(2)3)13-12(18)14-10(11(16)17)6-8-19-4/h9-10H,5-8H2,1-4H3,(H,16,17)(H2,13,14,18)/t9?,10-/m1/s1. The van der Waals surface area contributed by atoms with Gasteiger partial charge in [-0.25, -0.2) is 9.59 Å². The van der Waals surface area contributed by atoms with Gasteiger partial charge in [-0.05, 0) is 52.4 Å². The van der Waals surface area contributed by atoms with E-state index in [2.05, 4.69) is 10.6 Å². The molecule has 19 heavy (non-hydrogen) atoms. The molecule has 0 rings (SSSR count). The van der Waals surface area contributed by atoms with Crippen LogP contribution in [0.4, 0.5) is 4.79 Å². The number of carbonyl (C=O) groups is 2. The Balaban J connectivity index is 4.07. The van der Waals surface area contributed by atoms with Crippen molar-refractivity contribution in [3.8, 4) is 0 Å². The number of carboxylic acids is 1. The molecule has 0 saturated carbocycles. The monoisotopic (exact) mass is 291 g/mol. The molecule has 7 heteroatoms. The highest BCUT2D eigenvalue weighted by atomic mass is 32.2. The van der Waals surface area contributed by atoms with Gasteiger partial charge in [0.25, 0.3) is 0 Å². The number of amides is 2. The molecule has 0 aromatic carbocycles. The Morgan fingerprint density at radius 2 is 1.89 bits per heavy atom. The highest BCUT2D eigenvalue weighted by Gasteiger charge is 2.19. The van der Waals surface area contributed by atoms with Crippen molar-refractivity contribution in [1.29, 1.82) is 0 Å². The lowest BCUT2D eigenvalue weighted by Gasteiger charge is -2.19. The van der Waals surface area contributed by atoms with Crippen LogP contribution in [0.2, 0.25) is 0 Å². The number of carboxylic acid groups (broad SMARTS) is 1. The molecule has 0 fully saturated rings. The van der Waals surface area contributed by atoms with E-state index in [0.717, 1.165) is 13.0 Å². The van der Waals surface area contributed by atoms with Gasteiger partial charge in [0.15, 0.2) is 0 Å². The Labute approximate surface area is 119 Å². The maximum atomic E-state index is 11.7. The number of hydrogen-bond acceptors (Lipinski definition) is 4. The summed E-state index contributed by atoms with van der Waals surface area (Å²) in [7, 11) is 3.94. The van der Waals surface area contributed by atoms with Crippen molar-refractivity contribution in [3.63, 3.8) is 0 Å². The van der Waals surface area contributed by atoms with Gasteiger partial charge in [-0.1, -0.05) is 0 Å². The Morgan fingerprint density at radius 1 is 1.26 bits per heavy atom. The molecule has 0 aliphatic carbocycles. The highest BCUT2D eigenvalue weighted by Crippen LogP contribution is 2.01. The van der Waals surface area contributed by atoms with Crippen LogP contribution in [0.5, 0.6) is 0 Å². The largest absolute Gasteiger partial charge is 0.480 e. The van der Waals surface area contributed by atoms with Crippen molar-refractivity contribution < 1.29 is 14.7 Å². The average molecular weight is 291 g/mol. The summed E-state index contributed by atoms with van der Waals surface area (Å²) in [5, 5.41) is 14.2. The lowest BCUT2D eigenvalue weighted by Crippen LogP contribution is -2.49. The van der Waals surface area contributed by atoms with E-state index < -0.39 is 18.0 Å². The van der Waals surface area contributed by atoms with E-state index >= 15 is 0 Å². The predicted octanol–water partition coefficient (Wildman–Crippen LogP) is 0.832. The van der Waals surface area contributed by atoms with E-state index in [-0.39, 0.29) is 6.04 Å². The summed E-state index contributed by atoms with van der Waals surface area (Å²) in [6, 6.07) is -1.23. The van der Waals surface area contributed by atoms with Crippen LogP contribution in [-0.4, -0.2) is 66.7 Å². The first-order chi connectivity index (χ1) is 8.86. The van der Waals surface area contributed by atoms with Crippen LogP contribution in [0.3, 0.4) is 0 Å². The molecule has 0 spiro atoms. The van der Waals surface area contributed by atoms with Gasteiger partial charge in [0.05, 0.1) is 0 Å². The van der Waals surface area contributed by atoms with Gasteiger partial charge in [0.1, 0.15) is 6.04 Å². The number of nitrogens with zero attached hydrogens (tertiary/aromatic N) is 1. The van der Waals surface area contributed by atoms with Crippen LogP contribution in [0.1, 0.15) is 19.8 Å². The van der Waals surface area contributed by atoms with Gasteiger partial charge < -0.3 is 20.6 Å². The van der Waals surface area contributed by atoms with Crippen LogP contribution in [0.15, 0.2) is 0 Å². The number of thioether (sulfide) groups is 1. The lowest BCUT2D eigenvalue weighted by atomic mass is 10.2. The van der Waals surface area contributed by atoms with Crippen LogP contribution >= 0.6 is 11.8 Å². The minimum atomic E-state index is -0.995. The molecule has 0 saturated heterocycles. The second-order valence-electron chi connectivity index (χ2n) is 4.78. The molecule has 0 aliphatic rings. The number of urea groups is 1. The molecular weight excluding hydrogens is 266 g/mol. The number of hydrogen-bond donors (Lipinski definition) is 3. The zero-order valence-electron chi connectivity index (χ0n) is 12.1. The number of rotatable bonds is 9. The topological polar surface area (TPSA) is 81.7 Å². The summed E-state index contributed by atoms with van der Waals surface area (Å²) in [6.07, 6.45) is 3.15. The first kappa shape index (κ1) is 18.0. The van der Waals surface area contributed by atoms with Crippen LogP contribution in [-0.2, 0) is 4.79 Å². The number of carbonyl (C=O) groups excluding carboxylic acids is 1. The Morgan fingerprint density at radius 3 is 2.37 bits per heavy atom. The Kier molecular flexibility index (Phi) is 9.42. The van der Waals surface area contributed by atoms with Crippen LogP contribution in [0.25, 0.3) is 0 Å². The Bertz CT molecular complexity index is 287. The fourth-order valence-electron chi connectivity index (χ4n) is 1.44. The van der Waals surface area contributed by atoms with E-state index in [1.54, 1.807) is 11.8 Å². The summed E-state index contributed by atoms with van der Waals surface area (Å²) in [5.41, 5.74) is 0. The normalized spacial score (nSPS) is 13.9. The maximum absolute atomic E-state index is 11.7. The summed E-state index contributed by atoms with van der Waals surface area (Å²) in [5.74, 6) is -0.293. The molecular formula is C12H25N3O3S. The molecule has 0 aromatic rings. The molecule has 0 heterocycles. The summed E-state index contributed by atoms with van der Waals surface area (Å²) in [4.78, 5) is 24.7. The quantitative estimate of drug-likeness (QED) is 0.586. The van der Waals surface area contributed by atoms with E-state index in [9.17, 15) is 9.59 Å². The summed E-state index contributed by atoms with van der Waals surface area (Å²) >= 11 is 1.56. The van der Waals surface area contributed by atoms with Gasteiger partial charge in [-0.15, -0.1) is 0 Å². The third-order valence-corrected chi connectivity index (χ3v) is 3.24. The molecule has 0 aliphatic heterocycles. The first-order valence-electron chi connectivity index (χ1n) is 6.30. The summed E-state index contributed by atoms with van der Waals surface area (Å²) in [6.45, 7) is 2.77. The maximum Gasteiger partial charge on any atom is 0.326 e. The third kappa shape index (κ3) is 9.61. The van der Waals surface area contributed by atoms with Gasteiger partial charge in [0, 0.05) is 6.04 Å². The molecule has 6 nitrogen and oxygen atoms in total. The van der Waals surface area contributed by atoms with Crippen molar-refractivity contribution in [3.05, 3.63) is 0 Å². The number of aliphatic carboxylic acids is 1. The lowest BCUT2D eigenvalue weighted by molar-refractivity contribution is -0.139. The van der Waals surface area contributed by atoms with Gasteiger partial charge in [0.2, 0.25) is 0 Å². The minimum Gasteiger partial charge on any atom is -0.480 e. The second kappa shape index (κ2) is 9.91. The molecule has 2 atom stereocenters. The average Bonchev–Trinajstić information content (AvgIpc) is 2.31. The highest BCUT2D eigenvalue weighted by molar-refractivity contribution is 7.98. The fourth-order valence-corrected chi connectivity index (χ4v) is 1.91. The van der Waals surface area contributed by atoms with E-state index in [0.29, 0.717) is 12.2 Å². The molecule has 112 valence electrons. The molecule has 0 radical (unpaired) electrons. The van der Waals surface area contributed by atoms with Crippen molar-refractivity contribution in [1.82, 2.24) is 15.5 Å². The second-order valence-corrected chi connectivity index (χ2v) is 5.77. The van der Waals surface area contributed by atoms with Gasteiger partial charge in [-0.3, -0.25) is 0 Å². The smallest absolute Gasteiger partial charge is 0.326 e. The van der Waals surface area contributed by atoms with Crippen molar-refractivity contribution in [2.45, 2.75) is 31.8 Å². The van der Waals surface area contributed by atoms with Gasteiger partial charge in [-0.2, -0.15) is 11.8 Å². The minimum absolute atomic E-state index is 0.0115. The van der Waals surface area contributed by atoms with Crippen molar-refractivity contribution >= 4 is 23.8 Å².